The number of pyridine rings is 1. The van der Waals surface area contributed by atoms with E-state index in [-0.39, 0.29) is 6.54 Å². The van der Waals surface area contributed by atoms with E-state index in [0.717, 1.165) is 5.39 Å². The largest absolute Gasteiger partial charge is 0.480 e. The van der Waals surface area contributed by atoms with Crippen molar-refractivity contribution < 1.29 is 9.90 Å². The monoisotopic (exact) mass is 265 g/mol. The molecule has 2 aromatic rings. The lowest BCUT2D eigenvalue weighted by molar-refractivity contribution is -0.135. The zero-order valence-corrected chi connectivity index (χ0v) is 10.5. The van der Waals surface area contributed by atoms with Crippen molar-refractivity contribution >= 4 is 39.8 Å². The SMILES string of the molecule is CN(CC(=O)O)c1nccc2c(N)ccc(Cl)c12. The molecule has 94 valence electrons. The molecule has 0 unspecified atom stereocenters. The number of carboxylic acid groups (broad SMARTS) is 1. The molecule has 0 aliphatic carbocycles. The Morgan fingerprint density at radius 3 is 2.89 bits per heavy atom. The highest BCUT2D eigenvalue weighted by molar-refractivity contribution is 6.37. The maximum absolute atomic E-state index is 10.7. The van der Waals surface area contributed by atoms with Gasteiger partial charge in [0, 0.05) is 29.7 Å². The number of hydrogen-bond donors (Lipinski definition) is 2. The second kappa shape index (κ2) is 4.70. The van der Waals surface area contributed by atoms with E-state index in [4.69, 9.17) is 22.4 Å². The van der Waals surface area contributed by atoms with Gasteiger partial charge in [-0.1, -0.05) is 11.6 Å². The minimum atomic E-state index is -0.934. The Morgan fingerprint density at radius 1 is 1.50 bits per heavy atom. The van der Waals surface area contributed by atoms with Crippen molar-refractivity contribution in [2.45, 2.75) is 0 Å². The highest BCUT2D eigenvalue weighted by atomic mass is 35.5. The summed E-state index contributed by atoms with van der Waals surface area (Å²) in [5.74, 6) is -0.427. The predicted molar refractivity (Wildman–Crippen MR) is 72.1 cm³/mol. The zero-order chi connectivity index (χ0) is 13.3. The van der Waals surface area contributed by atoms with Crippen LogP contribution in [0, 0.1) is 0 Å². The molecule has 0 saturated carbocycles. The van der Waals surface area contributed by atoms with Crippen LogP contribution in [0.15, 0.2) is 24.4 Å². The Labute approximate surface area is 109 Å². The number of nitrogens with two attached hydrogens (primary N) is 1. The van der Waals surface area contributed by atoms with Crippen LogP contribution in [-0.4, -0.2) is 29.7 Å². The minimum Gasteiger partial charge on any atom is -0.480 e. The maximum atomic E-state index is 10.7. The van der Waals surface area contributed by atoms with Crippen molar-refractivity contribution in [3.8, 4) is 0 Å². The van der Waals surface area contributed by atoms with E-state index in [2.05, 4.69) is 4.98 Å². The van der Waals surface area contributed by atoms with E-state index < -0.39 is 5.97 Å². The summed E-state index contributed by atoms with van der Waals surface area (Å²) in [6.45, 7) is -0.156. The molecular formula is C12H12ClN3O2. The minimum absolute atomic E-state index is 0.156. The number of likely N-dealkylation sites (N-methyl/N-ethyl adjacent to an activating group) is 1. The lowest BCUT2D eigenvalue weighted by Gasteiger charge is -2.18. The summed E-state index contributed by atoms with van der Waals surface area (Å²) in [6, 6.07) is 5.15. The van der Waals surface area contributed by atoms with Gasteiger partial charge in [0.15, 0.2) is 0 Å². The van der Waals surface area contributed by atoms with Crippen molar-refractivity contribution in [1.29, 1.82) is 0 Å². The number of nitrogen functional groups attached to an aromatic ring is 1. The van der Waals surface area contributed by atoms with E-state index in [1.807, 2.05) is 0 Å². The number of anilines is 2. The van der Waals surface area contributed by atoms with Crippen LogP contribution in [0.4, 0.5) is 11.5 Å². The van der Waals surface area contributed by atoms with E-state index in [9.17, 15) is 4.79 Å². The van der Waals surface area contributed by atoms with Crippen LogP contribution in [0.1, 0.15) is 0 Å². The van der Waals surface area contributed by atoms with E-state index in [0.29, 0.717) is 21.9 Å². The lowest BCUT2D eigenvalue weighted by Crippen LogP contribution is -2.26. The van der Waals surface area contributed by atoms with Gasteiger partial charge in [-0.3, -0.25) is 4.79 Å². The predicted octanol–water partition coefficient (Wildman–Crippen LogP) is 1.99. The fourth-order valence-corrected chi connectivity index (χ4v) is 2.08. The molecule has 1 aromatic carbocycles. The van der Waals surface area contributed by atoms with Gasteiger partial charge in [-0.25, -0.2) is 4.98 Å². The number of carbonyl (C=O) groups is 1. The van der Waals surface area contributed by atoms with Crippen LogP contribution in [0.3, 0.4) is 0 Å². The van der Waals surface area contributed by atoms with Gasteiger partial charge in [0.2, 0.25) is 0 Å². The van der Waals surface area contributed by atoms with Gasteiger partial charge in [0.05, 0.1) is 5.02 Å². The highest BCUT2D eigenvalue weighted by Crippen LogP contribution is 2.33. The molecule has 2 rings (SSSR count). The molecule has 1 aromatic heterocycles. The Balaban J connectivity index is 2.64. The average molecular weight is 266 g/mol. The van der Waals surface area contributed by atoms with E-state index in [1.54, 1.807) is 31.4 Å². The highest BCUT2D eigenvalue weighted by Gasteiger charge is 2.14. The molecule has 18 heavy (non-hydrogen) atoms. The van der Waals surface area contributed by atoms with Crippen LogP contribution < -0.4 is 10.6 Å². The quantitative estimate of drug-likeness (QED) is 0.830. The van der Waals surface area contributed by atoms with Gasteiger partial charge >= 0.3 is 5.97 Å². The Hall–Kier alpha value is -2.01. The molecule has 1 heterocycles. The molecule has 0 bridgehead atoms. The lowest BCUT2D eigenvalue weighted by atomic mass is 10.1. The first-order chi connectivity index (χ1) is 8.50. The summed E-state index contributed by atoms with van der Waals surface area (Å²) >= 11 is 6.15. The van der Waals surface area contributed by atoms with Crippen LogP contribution in [0.2, 0.25) is 5.02 Å². The number of carboxylic acids is 1. The van der Waals surface area contributed by atoms with Gasteiger partial charge in [-0.15, -0.1) is 0 Å². The number of nitrogens with zero attached hydrogens (tertiary/aromatic N) is 2. The first-order valence-corrected chi connectivity index (χ1v) is 5.64. The fraction of sp³-hybridized carbons (Fsp3) is 0.167. The standard InChI is InChI=1S/C12H12ClN3O2/c1-16(6-10(17)18)12-11-7(4-5-15-12)9(14)3-2-8(11)13/h2-5H,6,14H2,1H3,(H,17,18). The summed E-state index contributed by atoms with van der Waals surface area (Å²) < 4.78 is 0. The Bertz CT molecular complexity index is 616. The number of hydrogen-bond acceptors (Lipinski definition) is 4. The van der Waals surface area contributed by atoms with Crippen LogP contribution in [0.25, 0.3) is 10.8 Å². The van der Waals surface area contributed by atoms with Crippen LogP contribution >= 0.6 is 11.6 Å². The Morgan fingerprint density at radius 2 is 2.22 bits per heavy atom. The molecule has 5 nitrogen and oxygen atoms in total. The third-order valence-electron chi connectivity index (χ3n) is 2.62. The van der Waals surface area contributed by atoms with Gasteiger partial charge in [-0.2, -0.15) is 0 Å². The first kappa shape index (κ1) is 12.4. The summed E-state index contributed by atoms with van der Waals surface area (Å²) in [7, 11) is 1.65. The second-order valence-corrected chi connectivity index (χ2v) is 4.35. The number of benzene rings is 1. The average Bonchev–Trinajstić information content (AvgIpc) is 2.32. The molecular weight excluding hydrogens is 254 g/mol. The number of aromatic nitrogens is 1. The first-order valence-electron chi connectivity index (χ1n) is 5.26. The fourth-order valence-electron chi connectivity index (χ4n) is 1.83. The third-order valence-corrected chi connectivity index (χ3v) is 2.94. The van der Waals surface area contributed by atoms with Gasteiger partial charge < -0.3 is 15.7 Å². The molecule has 0 aliphatic rings. The molecule has 0 amide bonds. The second-order valence-electron chi connectivity index (χ2n) is 3.94. The number of fused-ring (bicyclic) bond motifs is 1. The van der Waals surface area contributed by atoms with Crippen molar-refractivity contribution in [3.05, 3.63) is 29.4 Å². The molecule has 0 fully saturated rings. The molecule has 0 saturated heterocycles. The van der Waals surface area contributed by atoms with E-state index in [1.165, 1.54) is 4.90 Å². The third kappa shape index (κ3) is 2.17. The number of rotatable bonds is 3. The number of halogens is 1. The summed E-state index contributed by atoms with van der Waals surface area (Å²) in [5.41, 5.74) is 6.46. The molecule has 3 N–H and O–H groups in total. The number of aliphatic carboxylic acids is 1. The van der Waals surface area contributed by atoms with Crippen LogP contribution in [-0.2, 0) is 4.79 Å². The van der Waals surface area contributed by atoms with E-state index >= 15 is 0 Å². The van der Waals surface area contributed by atoms with Gasteiger partial charge in [0.25, 0.3) is 0 Å². The van der Waals surface area contributed by atoms with Crippen molar-refractivity contribution in [2.75, 3.05) is 24.2 Å². The zero-order valence-electron chi connectivity index (χ0n) is 9.72. The molecule has 6 heteroatoms. The van der Waals surface area contributed by atoms with Crippen molar-refractivity contribution in [3.63, 3.8) is 0 Å². The molecule has 0 spiro atoms. The summed E-state index contributed by atoms with van der Waals surface area (Å²) in [6.07, 6.45) is 1.59. The molecule has 0 radical (unpaired) electrons. The van der Waals surface area contributed by atoms with Crippen LogP contribution in [0.5, 0.6) is 0 Å². The molecule has 0 atom stereocenters. The van der Waals surface area contributed by atoms with Gasteiger partial charge in [0.1, 0.15) is 12.4 Å². The van der Waals surface area contributed by atoms with Gasteiger partial charge in [-0.05, 0) is 18.2 Å². The maximum Gasteiger partial charge on any atom is 0.323 e. The smallest absolute Gasteiger partial charge is 0.323 e. The Kier molecular flexibility index (Phi) is 3.25. The summed E-state index contributed by atoms with van der Waals surface area (Å²) in [4.78, 5) is 16.5. The molecule has 0 aliphatic heterocycles. The summed E-state index contributed by atoms with van der Waals surface area (Å²) in [5, 5.41) is 10.8. The van der Waals surface area contributed by atoms with Crippen molar-refractivity contribution in [1.82, 2.24) is 4.98 Å². The van der Waals surface area contributed by atoms with Crippen molar-refractivity contribution in [2.24, 2.45) is 0 Å². The normalized spacial score (nSPS) is 10.6. The topological polar surface area (TPSA) is 79.5 Å².